The smallest absolute Gasteiger partial charge is 0.315 e. The van der Waals surface area contributed by atoms with Crippen LogP contribution >= 0.6 is 0 Å². The molecule has 10 unspecified atom stereocenters. The first kappa shape index (κ1) is 117. The van der Waals surface area contributed by atoms with Crippen molar-refractivity contribution in [1.82, 2.24) is 37.2 Å². The summed E-state index contributed by atoms with van der Waals surface area (Å²) >= 11 is 0. The van der Waals surface area contributed by atoms with Crippen LogP contribution in [0.1, 0.15) is 245 Å². The fourth-order valence-corrected chi connectivity index (χ4v) is 7.38. The summed E-state index contributed by atoms with van der Waals surface area (Å²) in [4.78, 5) is 128. The second-order valence-electron chi connectivity index (χ2n) is 20.7. The van der Waals surface area contributed by atoms with Crippen molar-refractivity contribution in [2.75, 3.05) is 26.5 Å². The largest absolute Gasteiger partial charge is 0.463 e. The number of nitrogens with one attached hydrogen (secondary N) is 7. The number of esters is 3. The van der Waals surface area contributed by atoms with Crippen molar-refractivity contribution in [1.29, 1.82) is 0 Å². The lowest BCUT2D eigenvalue weighted by Crippen LogP contribution is -2.64. The molecule has 0 radical (unpaired) electrons. The molecule has 89 heavy (non-hydrogen) atoms. The first-order valence-electron chi connectivity index (χ1n) is 26.3. The Labute approximate surface area is 542 Å². The van der Waals surface area contributed by atoms with Crippen LogP contribution in [0.3, 0.4) is 0 Å². The van der Waals surface area contributed by atoms with E-state index in [1.54, 1.807) is 27.7 Å². The van der Waals surface area contributed by atoms with E-state index in [-0.39, 0.29) is 193 Å². The molecule has 0 aliphatic carbocycles. The van der Waals surface area contributed by atoms with Gasteiger partial charge in [0.05, 0.1) is 18.0 Å². The maximum Gasteiger partial charge on any atom is 0.315 e. The molecule has 0 aromatic heterocycles. The Balaban J connectivity index is -0.0000000759. The number of carbonyl (C=O) groups is 11. The topological polar surface area (TPSA) is 370 Å². The van der Waals surface area contributed by atoms with Gasteiger partial charge in [0.25, 0.3) is 0 Å². The zero-order valence-electron chi connectivity index (χ0n) is 48.2. The number of amides is 8. The lowest BCUT2D eigenvalue weighted by atomic mass is 9.81. The lowest BCUT2D eigenvalue weighted by molar-refractivity contribution is -0.256. The predicted molar refractivity (Wildman–Crippen MR) is 362 cm³/mol. The minimum atomic E-state index is -1.57. The molecule has 1 aliphatic heterocycles. The molecule has 10 atom stereocenters. The maximum atomic E-state index is 12.4. The highest BCUT2D eigenvalue weighted by atomic mass is 16.6. The van der Waals surface area contributed by atoms with Crippen LogP contribution < -0.4 is 37.2 Å². The quantitative estimate of drug-likeness (QED) is 0.0115. The van der Waals surface area contributed by atoms with Crippen molar-refractivity contribution in [2.24, 2.45) is 35.0 Å². The van der Waals surface area contributed by atoms with Gasteiger partial charge in [-0.05, 0) is 93.9 Å². The van der Waals surface area contributed by atoms with E-state index in [4.69, 9.17) is 18.9 Å². The fourth-order valence-electron chi connectivity index (χ4n) is 7.38. The van der Waals surface area contributed by atoms with Gasteiger partial charge in [-0.3, -0.25) is 58.1 Å². The van der Waals surface area contributed by atoms with Gasteiger partial charge in [-0.2, -0.15) is 0 Å². The average Bonchev–Trinajstić information content (AvgIpc) is 3.31. The number of imide groups is 1. The molecule has 0 bridgehead atoms. The Morgan fingerprint density at radius 3 is 1.29 bits per heavy atom. The zero-order chi connectivity index (χ0) is 59.9. The molecule has 8 amide bonds. The van der Waals surface area contributed by atoms with Crippen LogP contribution in [-0.2, 0) is 71.7 Å². The number of hydrogen-bond donors (Lipinski definition) is 10. The van der Waals surface area contributed by atoms with Crippen molar-refractivity contribution in [3.8, 4) is 0 Å². The van der Waals surface area contributed by atoms with Crippen molar-refractivity contribution in [2.45, 2.75) is 294 Å². The van der Waals surface area contributed by atoms with E-state index in [0.717, 1.165) is 0 Å². The second kappa shape index (κ2) is 61.1. The highest BCUT2D eigenvalue weighted by molar-refractivity contribution is 5.95. The van der Waals surface area contributed by atoms with Crippen LogP contribution in [-0.4, -0.2) is 156 Å². The van der Waals surface area contributed by atoms with Gasteiger partial charge >= 0.3 is 17.9 Å². The van der Waals surface area contributed by atoms with Crippen molar-refractivity contribution in [3.05, 3.63) is 0 Å². The third-order valence-electron chi connectivity index (χ3n) is 11.6. The first-order chi connectivity index (χ1) is 35.6. The number of ether oxygens (including phenoxy) is 4. The number of aliphatic hydroxyl groups is 3. The van der Waals surface area contributed by atoms with E-state index in [1.807, 2.05) is 62.3 Å². The van der Waals surface area contributed by atoms with Gasteiger partial charge in [0.2, 0.25) is 47.3 Å². The summed E-state index contributed by atoms with van der Waals surface area (Å²) in [7, 11) is 0. The molecule has 25 heteroatoms. The summed E-state index contributed by atoms with van der Waals surface area (Å²) in [5.74, 6) is -5.98. The molecule has 1 heterocycles. The molecule has 0 saturated carbocycles. The SMILES string of the molecule is C.C.C.C.C.C.C.C.C.C.C.C.CCC(CC(C)(C)C(=O)OCCOC(=O)CC(=O)NCNC(C)=O)C(=O)NC(C)C.CCC(CC(C)C(=O)NC(C)=O)C(=O)NC(C)C.CCC(CC(C)C(=O)OCC1OC(O)C(NC(C)=O)C(O)C1O)C(=O)NC(C)C. The van der Waals surface area contributed by atoms with E-state index in [0.29, 0.717) is 38.5 Å². The van der Waals surface area contributed by atoms with Crippen molar-refractivity contribution in [3.63, 3.8) is 0 Å². The highest BCUT2D eigenvalue weighted by Gasteiger charge is 2.45. The van der Waals surface area contributed by atoms with Crippen molar-refractivity contribution >= 4 is 65.2 Å². The Bertz CT molecular complexity index is 1920. The Hall–Kier alpha value is -5.79. The molecule has 1 aliphatic rings. The summed E-state index contributed by atoms with van der Waals surface area (Å²) in [5, 5.41) is 47.9. The van der Waals surface area contributed by atoms with Crippen LogP contribution in [0.5, 0.6) is 0 Å². The number of rotatable bonds is 28. The van der Waals surface area contributed by atoms with Crippen LogP contribution in [0.15, 0.2) is 0 Å². The lowest BCUT2D eigenvalue weighted by Gasteiger charge is -2.40. The molecule has 25 nitrogen and oxygen atoms in total. The zero-order valence-corrected chi connectivity index (χ0v) is 48.2. The van der Waals surface area contributed by atoms with Crippen LogP contribution in [0, 0.1) is 35.0 Å². The molecule has 0 spiro atoms. The van der Waals surface area contributed by atoms with Crippen LogP contribution in [0.2, 0.25) is 0 Å². The maximum absolute atomic E-state index is 12.4. The second-order valence-corrected chi connectivity index (χ2v) is 20.7. The standard InChI is InChI=1S/C20H35N3O7.C19H34N2O8.C13H24N2O3.12CH4/c1-7-15(18(27)23-13(2)3)11-20(5,6)19(28)30-9-8-29-17(26)10-16(25)22-12-21-14(4)24;1-6-12(17(25)20-9(2)3)7-10(4)18(26)28-8-13-15(23)16(24)14(19(27)29-13)21-11(5)22;1-6-11(13(18)14-8(2)3)7-9(4)12(17)15-10(5)16;;;;;;;;;;;;/h13,15H,7-12H2,1-6H3,(H,21,24)(H,22,25)(H,23,27);9-10,12-16,19,23-24,27H,6-8H2,1-5H3,(H,20,25)(H,21,22);8-9,11H,6-7H2,1-5H3,(H,14,18)(H,15,16,17);12*1H4. The van der Waals surface area contributed by atoms with Crippen LogP contribution in [0.4, 0.5) is 0 Å². The van der Waals surface area contributed by atoms with Gasteiger partial charge in [0, 0.05) is 62.6 Å². The average molecular weight is 1300 g/mol. The summed E-state index contributed by atoms with van der Waals surface area (Å²) in [6.45, 7) is 26.7. The van der Waals surface area contributed by atoms with Crippen LogP contribution in [0.25, 0.3) is 0 Å². The van der Waals surface area contributed by atoms with Gasteiger partial charge in [-0.25, -0.2) is 0 Å². The summed E-state index contributed by atoms with van der Waals surface area (Å²) in [6, 6.07) is -1.09. The minimum Gasteiger partial charge on any atom is -0.463 e. The highest BCUT2D eigenvalue weighted by Crippen LogP contribution is 2.29. The molecule has 1 rings (SSSR count). The van der Waals surface area contributed by atoms with Gasteiger partial charge in [-0.15, -0.1) is 0 Å². The minimum absolute atomic E-state index is 0. The molecule has 1 saturated heterocycles. The van der Waals surface area contributed by atoms with Crippen molar-refractivity contribution < 1.29 is 87.0 Å². The molecule has 10 N–H and O–H groups in total. The molecular formula is C64H141N7O18. The van der Waals surface area contributed by atoms with E-state index in [2.05, 4.69) is 37.2 Å². The van der Waals surface area contributed by atoms with E-state index in [1.165, 1.54) is 20.8 Å². The van der Waals surface area contributed by atoms with Gasteiger partial charge in [-0.1, -0.05) is 124 Å². The molecule has 1 fully saturated rings. The van der Waals surface area contributed by atoms with Gasteiger partial charge < -0.3 is 66.2 Å². The summed E-state index contributed by atoms with van der Waals surface area (Å²) in [6.07, 6.45) is -3.28. The van der Waals surface area contributed by atoms with E-state index < -0.39 is 78.1 Å². The predicted octanol–water partition coefficient (Wildman–Crippen LogP) is 8.55. The molecule has 0 aromatic carbocycles. The van der Waals surface area contributed by atoms with E-state index in [9.17, 15) is 68.1 Å². The number of carbonyl (C=O) groups excluding carboxylic acids is 11. The van der Waals surface area contributed by atoms with E-state index >= 15 is 0 Å². The normalized spacial score (nSPS) is 16.3. The monoisotopic (exact) mass is 1300 g/mol. The molecule has 0 aromatic rings. The van der Waals surface area contributed by atoms with Gasteiger partial charge in [0.15, 0.2) is 6.29 Å². The fraction of sp³-hybridized carbons (Fsp3) is 0.828. The third-order valence-corrected chi connectivity index (χ3v) is 11.6. The Morgan fingerprint density at radius 1 is 0.506 bits per heavy atom. The Kier molecular flexibility index (Phi) is 80.6. The first-order valence-corrected chi connectivity index (χ1v) is 26.3. The third kappa shape index (κ3) is 51.6. The number of hydrogen-bond acceptors (Lipinski definition) is 18. The summed E-state index contributed by atoms with van der Waals surface area (Å²) < 4.78 is 20.4. The number of aliphatic hydroxyl groups excluding tert-OH is 3. The summed E-state index contributed by atoms with van der Waals surface area (Å²) in [5.41, 5.74) is -0.886. The Morgan fingerprint density at radius 2 is 0.910 bits per heavy atom. The molecule has 540 valence electrons. The molecular weight excluding hydrogens is 1150 g/mol. The van der Waals surface area contributed by atoms with Gasteiger partial charge in [0.1, 0.15) is 50.6 Å².